The molecule has 1 amide bonds. The zero-order valence-electron chi connectivity index (χ0n) is 12.5. The van der Waals surface area contributed by atoms with Crippen molar-refractivity contribution in [2.24, 2.45) is 0 Å². The van der Waals surface area contributed by atoms with Crippen molar-refractivity contribution in [2.45, 2.75) is 20.0 Å². The summed E-state index contributed by atoms with van der Waals surface area (Å²) in [7, 11) is 0. The van der Waals surface area contributed by atoms with Crippen molar-refractivity contribution in [3.05, 3.63) is 52.1 Å². The molecule has 2 aromatic carbocycles. The van der Waals surface area contributed by atoms with Crippen LogP contribution in [0, 0.1) is 3.57 Å². The maximum atomic E-state index is 12.2. The predicted molar refractivity (Wildman–Crippen MR) is 95.5 cm³/mol. The number of hydrogen-bond acceptors (Lipinski definition) is 3. The molecular weight excluding hydrogens is 393 g/mol. The van der Waals surface area contributed by atoms with Crippen LogP contribution in [-0.4, -0.2) is 18.6 Å². The quantitative estimate of drug-likeness (QED) is 0.729. The topological polar surface area (TPSA) is 47.6 Å². The van der Waals surface area contributed by atoms with E-state index in [9.17, 15) is 4.79 Å². The highest BCUT2D eigenvalue weighted by molar-refractivity contribution is 14.1. The van der Waals surface area contributed by atoms with E-state index >= 15 is 0 Å². The van der Waals surface area contributed by atoms with Gasteiger partial charge in [0, 0.05) is 3.57 Å². The Hall–Kier alpha value is -1.76. The summed E-state index contributed by atoms with van der Waals surface area (Å²) >= 11 is 2.22. The van der Waals surface area contributed by atoms with Gasteiger partial charge in [0.1, 0.15) is 11.5 Å². The van der Waals surface area contributed by atoms with Crippen molar-refractivity contribution < 1.29 is 14.3 Å². The van der Waals surface area contributed by atoms with Crippen molar-refractivity contribution in [3.63, 3.8) is 0 Å². The highest BCUT2D eigenvalue weighted by Crippen LogP contribution is 2.24. The SMILES string of the molecule is CCOc1ccccc1NC(=O)C(C)Oc1ccc(I)cc1. The third-order valence-corrected chi connectivity index (χ3v) is 3.66. The van der Waals surface area contributed by atoms with Gasteiger partial charge in [-0.15, -0.1) is 0 Å². The van der Waals surface area contributed by atoms with Crippen LogP contribution in [0.2, 0.25) is 0 Å². The van der Waals surface area contributed by atoms with Crippen LogP contribution in [0.3, 0.4) is 0 Å². The third kappa shape index (κ3) is 4.62. The smallest absolute Gasteiger partial charge is 0.265 e. The summed E-state index contributed by atoms with van der Waals surface area (Å²) in [5.74, 6) is 1.10. The van der Waals surface area contributed by atoms with Crippen LogP contribution >= 0.6 is 22.6 Å². The summed E-state index contributed by atoms with van der Waals surface area (Å²) in [6, 6.07) is 14.9. The van der Waals surface area contributed by atoms with E-state index in [1.165, 1.54) is 0 Å². The van der Waals surface area contributed by atoms with Gasteiger partial charge in [0.15, 0.2) is 6.10 Å². The molecule has 116 valence electrons. The Labute approximate surface area is 144 Å². The summed E-state index contributed by atoms with van der Waals surface area (Å²) in [4.78, 5) is 12.2. The first-order valence-corrected chi connectivity index (χ1v) is 8.13. The number of carbonyl (C=O) groups excluding carboxylic acids is 1. The molecule has 0 aliphatic carbocycles. The van der Waals surface area contributed by atoms with E-state index in [0.29, 0.717) is 23.8 Å². The fraction of sp³-hybridized carbons (Fsp3) is 0.235. The van der Waals surface area contributed by atoms with Gasteiger partial charge in [0.25, 0.3) is 5.91 Å². The molecule has 0 aliphatic heterocycles. The van der Waals surface area contributed by atoms with Gasteiger partial charge in [-0.25, -0.2) is 0 Å². The number of halogens is 1. The normalized spacial score (nSPS) is 11.6. The molecule has 0 saturated carbocycles. The summed E-state index contributed by atoms with van der Waals surface area (Å²) in [5.41, 5.74) is 0.646. The van der Waals surface area contributed by atoms with Gasteiger partial charge >= 0.3 is 0 Å². The molecule has 0 heterocycles. The van der Waals surface area contributed by atoms with Crippen LogP contribution in [0.15, 0.2) is 48.5 Å². The Morgan fingerprint density at radius 1 is 1.18 bits per heavy atom. The second-order valence-electron chi connectivity index (χ2n) is 4.63. The highest BCUT2D eigenvalue weighted by Gasteiger charge is 2.16. The molecule has 1 N–H and O–H groups in total. The number of amides is 1. The summed E-state index contributed by atoms with van der Waals surface area (Å²) in [6.07, 6.45) is -0.602. The van der Waals surface area contributed by atoms with E-state index in [1.54, 1.807) is 13.0 Å². The Balaban J connectivity index is 2.01. The minimum Gasteiger partial charge on any atom is -0.492 e. The van der Waals surface area contributed by atoms with Crippen LogP contribution in [0.25, 0.3) is 0 Å². The van der Waals surface area contributed by atoms with Crippen molar-refractivity contribution in [3.8, 4) is 11.5 Å². The molecule has 0 aliphatic rings. The van der Waals surface area contributed by atoms with Gasteiger partial charge in [-0.05, 0) is 72.8 Å². The average Bonchev–Trinajstić information content (AvgIpc) is 2.51. The zero-order chi connectivity index (χ0) is 15.9. The monoisotopic (exact) mass is 411 g/mol. The molecular formula is C17H18INO3. The molecule has 1 atom stereocenters. The Morgan fingerprint density at radius 2 is 1.86 bits per heavy atom. The molecule has 1 unspecified atom stereocenters. The molecule has 22 heavy (non-hydrogen) atoms. The maximum absolute atomic E-state index is 12.2. The number of rotatable bonds is 6. The second-order valence-corrected chi connectivity index (χ2v) is 5.88. The van der Waals surface area contributed by atoms with Crippen LogP contribution in [-0.2, 0) is 4.79 Å². The lowest BCUT2D eigenvalue weighted by Gasteiger charge is -2.16. The van der Waals surface area contributed by atoms with Gasteiger partial charge < -0.3 is 14.8 Å². The van der Waals surface area contributed by atoms with Crippen LogP contribution in [0.5, 0.6) is 11.5 Å². The van der Waals surface area contributed by atoms with Crippen LogP contribution in [0.1, 0.15) is 13.8 Å². The number of nitrogens with one attached hydrogen (secondary N) is 1. The lowest BCUT2D eigenvalue weighted by atomic mass is 10.2. The number of ether oxygens (including phenoxy) is 2. The first-order chi connectivity index (χ1) is 10.6. The van der Waals surface area contributed by atoms with E-state index in [1.807, 2.05) is 49.4 Å². The molecule has 0 spiro atoms. The largest absolute Gasteiger partial charge is 0.492 e. The second kappa shape index (κ2) is 8.03. The minimum absolute atomic E-state index is 0.217. The van der Waals surface area contributed by atoms with Crippen molar-refractivity contribution in [1.82, 2.24) is 0 Å². The Kier molecular flexibility index (Phi) is 6.06. The zero-order valence-corrected chi connectivity index (χ0v) is 14.7. The number of anilines is 1. The first kappa shape index (κ1) is 16.6. The van der Waals surface area contributed by atoms with Crippen molar-refractivity contribution in [1.29, 1.82) is 0 Å². The van der Waals surface area contributed by atoms with Gasteiger partial charge in [-0.1, -0.05) is 12.1 Å². The summed E-state index contributed by atoms with van der Waals surface area (Å²) in [5, 5.41) is 2.84. The lowest BCUT2D eigenvalue weighted by Crippen LogP contribution is -2.30. The van der Waals surface area contributed by atoms with Gasteiger partial charge in [0.05, 0.1) is 12.3 Å². The fourth-order valence-electron chi connectivity index (χ4n) is 1.86. The highest BCUT2D eigenvalue weighted by atomic mass is 127. The molecule has 2 aromatic rings. The molecule has 0 fully saturated rings. The van der Waals surface area contributed by atoms with Gasteiger partial charge in [0.2, 0.25) is 0 Å². The molecule has 0 radical (unpaired) electrons. The van der Waals surface area contributed by atoms with E-state index in [0.717, 1.165) is 3.57 Å². The molecule has 0 aromatic heterocycles. The molecule has 4 nitrogen and oxygen atoms in total. The standard InChI is InChI=1S/C17H18INO3/c1-3-21-16-7-5-4-6-15(16)19-17(20)12(2)22-14-10-8-13(18)9-11-14/h4-12H,3H2,1-2H3,(H,19,20). The summed E-state index contributed by atoms with van der Waals surface area (Å²) in [6.45, 7) is 4.17. The van der Waals surface area contributed by atoms with Crippen molar-refractivity contribution in [2.75, 3.05) is 11.9 Å². The van der Waals surface area contributed by atoms with Crippen LogP contribution < -0.4 is 14.8 Å². The number of carbonyl (C=O) groups is 1. The van der Waals surface area contributed by atoms with E-state index in [2.05, 4.69) is 27.9 Å². The number of benzene rings is 2. The third-order valence-electron chi connectivity index (χ3n) is 2.94. The van der Waals surface area contributed by atoms with Crippen LogP contribution in [0.4, 0.5) is 5.69 Å². The van der Waals surface area contributed by atoms with E-state index in [4.69, 9.17) is 9.47 Å². The van der Waals surface area contributed by atoms with E-state index in [-0.39, 0.29) is 5.91 Å². The van der Waals surface area contributed by atoms with E-state index < -0.39 is 6.10 Å². The predicted octanol–water partition coefficient (Wildman–Crippen LogP) is 4.10. The molecule has 0 saturated heterocycles. The minimum atomic E-state index is -0.602. The Bertz CT molecular complexity index is 628. The number of hydrogen-bond donors (Lipinski definition) is 1. The van der Waals surface area contributed by atoms with Crippen molar-refractivity contribution >= 4 is 34.2 Å². The van der Waals surface area contributed by atoms with Gasteiger partial charge in [-0.2, -0.15) is 0 Å². The molecule has 2 rings (SSSR count). The van der Waals surface area contributed by atoms with Gasteiger partial charge in [-0.3, -0.25) is 4.79 Å². The molecule has 5 heteroatoms. The lowest BCUT2D eigenvalue weighted by molar-refractivity contribution is -0.122. The fourth-order valence-corrected chi connectivity index (χ4v) is 2.22. The maximum Gasteiger partial charge on any atom is 0.265 e. The average molecular weight is 411 g/mol. The Morgan fingerprint density at radius 3 is 2.55 bits per heavy atom. The molecule has 0 bridgehead atoms. The number of para-hydroxylation sites is 2. The first-order valence-electron chi connectivity index (χ1n) is 7.05. The summed E-state index contributed by atoms with van der Waals surface area (Å²) < 4.78 is 12.3.